The van der Waals surface area contributed by atoms with E-state index in [1.165, 1.54) is 46.9 Å². The molecule has 3 aliphatic rings. The predicted octanol–water partition coefficient (Wildman–Crippen LogP) is 1.67. The Balaban J connectivity index is 0.727. The normalized spacial score (nSPS) is 16.4. The van der Waals surface area contributed by atoms with Gasteiger partial charge in [-0.2, -0.15) is 0 Å². The summed E-state index contributed by atoms with van der Waals surface area (Å²) in [5.41, 5.74) is 2.81. The highest BCUT2D eigenvalue weighted by molar-refractivity contribution is 6.24. The molecule has 7 rings (SSSR count). The molecular formula is C45H47N7O13. The molecule has 8 amide bonds. The van der Waals surface area contributed by atoms with Gasteiger partial charge in [0, 0.05) is 51.2 Å². The average molecular weight is 894 g/mol. The van der Waals surface area contributed by atoms with Crippen LogP contribution in [0.15, 0.2) is 71.3 Å². The summed E-state index contributed by atoms with van der Waals surface area (Å²) in [6, 6.07) is 16.9. The second-order valence-electron chi connectivity index (χ2n) is 15.4. The van der Waals surface area contributed by atoms with Gasteiger partial charge in [-0.15, -0.1) is 0 Å². The molecule has 0 radical (unpaired) electrons. The Kier molecular flexibility index (Phi) is 14.6. The minimum Gasteiger partial charge on any atom is -0.507 e. The van der Waals surface area contributed by atoms with E-state index >= 15 is 0 Å². The first-order valence-electron chi connectivity index (χ1n) is 21.0. The zero-order chi connectivity index (χ0) is 46.0. The predicted molar refractivity (Wildman–Crippen MR) is 226 cm³/mol. The molecule has 0 bridgehead atoms. The number of imide groups is 2. The van der Waals surface area contributed by atoms with Crippen molar-refractivity contribution in [2.24, 2.45) is 0 Å². The van der Waals surface area contributed by atoms with Crippen molar-refractivity contribution in [3.63, 3.8) is 0 Å². The number of amides is 8. The Hall–Kier alpha value is -7.45. The van der Waals surface area contributed by atoms with Gasteiger partial charge in [-0.1, -0.05) is 41.6 Å². The molecule has 3 heterocycles. The van der Waals surface area contributed by atoms with E-state index in [9.17, 15) is 43.5 Å². The van der Waals surface area contributed by atoms with Crippen LogP contribution in [0.5, 0.6) is 11.5 Å². The fourth-order valence-electron chi connectivity index (χ4n) is 7.63. The van der Waals surface area contributed by atoms with Crippen LogP contribution < -0.4 is 26.0 Å². The van der Waals surface area contributed by atoms with Crippen molar-refractivity contribution in [1.82, 2.24) is 36.2 Å². The molecule has 20 nitrogen and oxygen atoms in total. The van der Waals surface area contributed by atoms with Gasteiger partial charge < -0.3 is 44.7 Å². The molecule has 65 heavy (non-hydrogen) atoms. The number of fused-ring (bicyclic) bond motifs is 2. The summed E-state index contributed by atoms with van der Waals surface area (Å²) in [4.78, 5) is 103. The zero-order valence-corrected chi connectivity index (χ0v) is 35.4. The van der Waals surface area contributed by atoms with Gasteiger partial charge in [-0.05, 0) is 54.7 Å². The van der Waals surface area contributed by atoms with Gasteiger partial charge in [-0.3, -0.25) is 48.6 Å². The standard InChI is InChI=1S/C45H47N7O13/c1-51(43(59)29-11-9-27(23-34(29)53)36-24-32(50-65-36)41(57)48-31-12-10-26-5-2-3-6-28(26)31)18-16-46-37(54)15-19-62-21-22-63-20-17-47-39(56)25-64-35-8-4-7-30-40(35)45(61)52(44(30)60)33-13-14-38(55)49-42(33)58/h2-9,11,23-24,31,33,53H,10,12-22,25H2,1H3,(H,46,54)(H,47,56)(H,48,57)(H,49,55,58)/t31-,33?/m1/s1. The van der Waals surface area contributed by atoms with Crippen molar-refractivity contribution in [3.05, 3.63) is 100 Å². The number of aromatic nitrogens is 1. The molecule has 0 saturated carbocycles. The molecule has 2 aliphatic heterocycles. The van der Waals surface area contributed by atoms with E-state index in [1.54, 1.807) is 13.1 Å². The fourth-order valence-corrected chi connectivity index (χ4v) is 7.63. The molecule has 1 saturated heterocycles. The van der Waals surface area contributed by atoms with Gasteiger partial charge in [0.2, 0.25) is 17.7 Å². The summed E-state index contributed by atoms with van der Waals surface area (Å²) >= 11 is 0. The molecule has 1 fully saturated rings. The number of phenols is 1. The average Bonchev–Trinajstić information content (AvgIpc) is 4.02. The van der Waals surface area contributed by atoms with Gasteiger partial charge in [0.15, 0.2) is 18.1 Å². The first-order chi connectivity index (χ1) is 31.4. The number of piperidine rings is 1. The van der Waals surface area contributed by atoms with Gasteiger partial charge in [0.1, 0.15) is 17.5 Å². The number of aryl methyl sites for hydroxylation is 1. The minimum atomic E-state index is -1.13. The highest BCUT2D eigenvalue weighted by Crippen LogP contribution is 2.34. The van der Waals surface area contributed by atoms with Gasteiger partial charge in [0.05, 0.1) is 49.2 Å². The number of rotatable bonds is 20. The van der Waals surface area contributed by atoms with Gasteiger partial charge >= 0.3 is 0 Å². The fraction of sp³-hybridized carbons (Fsp3) is 0.356. The molecule has 20 heteroatoms. The molecule has 0 spiro atoms. The molecule has 1 aliphatic carbocycles. The Bertz CT molecular complexity index is 2500. The number of carbonyl (C=O) groups excluding carboxylic acids is 8. The Labute approximate surface area is 371 Å². The SMILES string of the molecule is CN(CCNC(=O)CCOCCOCCNC(=O)COc1cccc2c1C(=O)N(C1CCC(=O)NC1=O)C2=O)C(=O)c1ccc(-c2cc(C(=O)N[C@@H]3CCc4ccccc43)no2)cc1O. The molecule has 1 aromatic heterocycles. The van der Waals surface area contributed by atoms with Crippen LogP contribution >= 0.6 is 0 Å². The van der Waals surface area contributed by atoms with Gasteiger partial charge in [0.25, 0.3) is 29.5 Å². The monoisotopic (exact) mass is 893 g/mol. The maximum atomic E-state index is 13.2. The molecule has 5 N–H and O–H groups in total. The third kappa shape index (κ3) is 10.8. The lowest BCUT2D eigenvalue weighted by molar-refractivity contribution is -0.136. The molecule has 4 aromatic rings. The highest BCUT2D eigenvalue weighted by Gasteiger charge is 2.46. The number of nitrogens with zero attached hydrogens (tertiary/aromatic N) is 3. The first-order valence-corrected chi connectivity index (χ1v) is 21.0. The number of hydrogen-bond acceptors (Lipinski definition) is 14. The number of benzene rings is 3. The van der Waals surface area contributed by atoms with Crippen LogP contribution in [-0.4, -0.2) is 133 Å². The summed E-state index contributed by atoms with van der Waals surface area (Å²) in [6.07, 6.45) is 1.73. The van der Waals surface area contributed by atoms with E-state index in [1.807, 2.05) is 24.3 Å². The lowest BCUT2D eigenvalue weighted by atomic mass is 10.0. The van der Waals surface area contributed by atoms with Crippen molar-refractivity contribution in [1.29, 1.82) is 0 Å². The molecule has 1 unspecified atom stereocenters. The maximum Gasteiger partial charge on any atom is 0.273 e. The number of likely N-dealkylation sites (N-methyl/N-ethyl adjacent to an activating group) is 1. The summed E-state index contributed by atoms with van der Waals surface area (Å²) < 4.78 is 21.8. The second-order valence-corrected chi connectivity index (χ2v) is 15.4. The van der Waals surface area contributed by atoms with E-state index in [-0.39, 0.29) is 123 Å². The van der Waals surface area contributed by atoms with Crippen molar-refractivity contribution in [3.8, 4) is 22.8 Å². The van der Waals surface area contributed by atoms with Crippen LogP contribution in [-0.2, 0) is 35.1 Å². The van der Waals surface area contributed by atoms with E-state index in [2.05, 4.69) is 26.4 Å². The lowest BCUT2D eigenvalue weighted by Gasteiger charge is -2.27. The van der Waals surface area contributed by atoms with E-state index < -0.39 is 48.1 Å². The number of carbonyl (C=O) groups is 8. The summed E-state index contributed by atoms with van der Waals surface area (Å²) in [5.74, 6) is -4.35. The number of phenolic OH excluding ortho intramolecular Hbond substituents is 1. The van der Waals surface area contributed by atoms with E-state index in [0.717, 1.165) is 23.3 Å². The van der Waals surface area contributed by atoms with E-state index in [0.29, 0.717) is 5.56 Å². The Morgan fingerprint density at radius 1 is 0.877 bits per heavy atom. The van der Waals surface area contributed by atoms with Gasteiger partial charge in [-0.25, -0.2) is 0 Å². The maximum absolute atomic E-state index is 13.2. The Morgan fingerprint density at radius 2 is 1.66 bits per heavy atom. The van der Waals surface area contributed by atoms with E-state index in [4.69, 9.17) is 18.7 Å². The van der Waals surface area contributed by atoms with Crippen LogP contribution in [0.25, 0.3) is 11.3 Å². The van der Waals surface area contributed by atoms with Crippen LogP contribution in [0.1, 0.15) is 84.4 Å². The van der Waals surface area contributed by atoms with Crippen molar-refractivity contribution >= 4 is 47.3 Å². The topological polar surface area (TPSA) is 265 Å². The third-order valence-corrected chi connectivity index (χ3v) is 11.0. The highest BCUT2D eigenvalue weighted by atomic mass is 16.5. The van der Waals surface area contributed by atoms with Crippen LogP contribution in [0, 0.1) is 0 Å². The zero-order valence-electron chi connectivity index (χ0n) is 35.4. The molecule has 2 atom stereocenters. The summed E-state index contributed by atoms with van der Waals surface area (Å²) in [6.45, 7) is 0.649. The molecule has 3 aromatic carbocycles. The van der Waals surface area contributed by atoms with Crippen LogP contribution in [0.4, 0.5) is 0 Å². The summed E-state index contributed by atoms with van der Waals surface area (Å²) in [7, 11) is 1.54. The van der Waals surface area contributed by atoms with Crippen molar-refractivity contribution < 1.29 is 62.2 Å². The number of ether oxygens (including phenoxy) is 3. The molecular weight excluding hydrogens is 847 g/mol. The number of nitrogens with one attached hydrogen (secondary N) is 4. The lowest BCUT2D eigenvalue weighted by Crippen LogP contribution is -2.54. The quantitative estimate of drug-likeness (QED) is 0.0625. The number of hydrogen-bond donors (Lipinski definition) is 5. The number of aromatic hydroxyl groups is 1. The largest absolute Gasteiger partial charge is 0.507 e. The first kappa shape index (κ1) is 45.6. The smallest absolute Gasteiger partial charge is 0.273 e. The third-order valence-electron chi connectivity index (χ3n) is 11.0. The van der Waals surface area contributed by atoms with Crippen molar-refractivity contribution in [2.75, 3.05) is 59.7 Å². The molecule has 340 valence electrons. The second kappa shape index (κ2) is 20.8. The Morgan fingerprint density at radius 3 is 2.46 bits per heavy atom. The van der Waals surface area contributed by atoms with Crippen LogP contribution in [0.2, 0.25) is 0 Å². The summed E-state index contributed by atoms with van der Waals surface area (Å²) in [5, 5.41) is 25.1. The van der Waals surface area contributed by atoms with Crippen LogP contribution in [0.3, 0.4) is 0 Å². The van der Waals surface area contributed by atoms with Crippen molar-refractivity contribution in [2.45, 2.75) is 44.2 Å². The minimum absolute atomic E-state index is 0.00485.